The molecule has 1 aliphatic carbocycles. The summed E-state index contributed by atoms with van der Waals surface area (Å²) in [5.41, 5.74) is 0. The van der Waals surface area contributed by atoms with Crippen molar-refractivity contribution >= 4 is 6.03 Å². The average molecular weight is 199 g/mol. The van der Waals surface area contributed by atoms with Gasteiger partial charge in [-0.15, -0.1) is 0 Å². The van der Waals surface area contributed by atoms with Gasteiger partial charge in [0.2, 0.25) is 0 Å². The molecule has 1 fully saturated rings. The van der Waals surface area contributed by atoms with Crippen LogP contribution < -0.4 is 16.0 Å². The molecule has 0 atom stereocenters. The van der Waals surface area contributed by atoms with Crippen molar-refractivity contribution in [3.05, 3.63) is 0 Å². The summed E-state index contributed by atoms with van der Waals surface area (Å²) in [7, 11) is 0. The molecule has 0 unspecified atom stereocenters. The second kappa shape index (κ2) is 5.86. The lowest BCUT2D eigenvalue weighted by Crippen LogP contribution is -2.46. The van der Waals surface area contributed by atoms with E-state index in [-0.39, 0.29) is 6.03 Å². The third kappa shape index (κ3) is 4.46. The van der Waals surface area contributed by atoms with Crippen LogP contribution in [0.2, 0.25) is 0 Å². The maximum Gasteiger partial charge on any atom is 0.315 e. The van der Waals surface area contributed by atoms with Gasteiger partial charge in [0.15, 0.2) is 0 Å². The monoisotopic (exact) mass is 199 g/mol. The van der Waals surface area contributed by atoms with E-state index in [1.54, 1.807) is 0 Å². The molecule has 0 aromatic rings. The largest absolute Gasteiger partial charge is 0.337 e. The molecule has 1 aliphatic rings. The maximum absolute atomic E-state index is 11.2. The van der Waals surface area contributed by atoms with Crippen LogP contribution in [0.1, 0.15) is 33.1 Å². The fourth-order valence-electron chi connectivity index (χ4n) is 1.33. The Kier molecular flexibility index (Phi) is 4.73. The van der Waals surface area contributed by atoms with Crippen molar-refractivity contribution in [1.29, 1.82) is 0 Å². The molecule has 3 N–H and O–H groups in total. The highest BCUT2D eigenvalue weighted by Gasteiger charge is 2.18. The van der Waals surface area contributed by atoms with Gasteiger partial charge in [-0.1, -0.05) is 13.8 Å². The number of urea groups is 1. The molecular weight excluding hydrogens is 178 g/mol. The molecule has 0 saturated heterocycles. The van der Waals surface area contributed by atoms with E-state index in [2.05, 4.69) is 29.8 Å². The summed E-state index contributed by atoms with van der Waals surface area (Å²) in [6, 6.07) is 0.875. The molecular formula is C10H21N3O. The smallest absolute Gasteiger partial charge is 0.315 e. The zero-order valence-electron chi connectivity index (χ0n) is 9.10. The molecule has 1 rings (SSSR count). The van der Waals surface area contributed by atoms with Crippen molar-refractivity contribution in [1.82, 2.24) is 16.0 Å². The van der Waals surface area contributed by atoms with E-state index >= 15 is 0 Å². The Labute approximate surface area is 85.8 Å². The van der Waals surface area contributed by atoms with Crippen LogP contribution in [0.25, 0.3) is 0 Å². The standard InChI is InChI=1S/C10H21N3O/c1-8(2)11-6-7-12-10(14)13-9-4-3-5-9/h8-9,11H,3-7H2,1-2H3,(H2,12,13,14). The number of nitrogens with one attached hydrogen (secondary N) is 3. The fourth-order valence-corrected chi connectivity index (χ4v) is 1.33. The lowest BCUT2D eigenvalue weighted by atomic mass is 9.93. The zero-order chi connectivity index (χ0) is 10.4. The van der Waals surface area contributed by atoms with Crippen LogP contribution in [0.5, 0.6) is 0 Å². The topological polar surface area (TPSA) is 53.2 Å². The van der Waals surface area contributed by atoms with E-state index in [1.165, 1.54) is 6.42 Å². The Balaban J connectivity index is 1.92. The summed E-state index contributed by atoms with van der Waals surface area (Å²) in [5, 5.41) is 8.99. The maximum atomic E-state index is 11.2. The van der Waals surface area contributed by atoms with Gasteiger partial charge in [-0.3, -0.25) is 0 Å². The number of carbonyl (C=O) groups excluding carboxylic acids is 1. The molecule has 0 spiro atoms. The minimum Gasteiger partial charge on any atom is -0.337 e. The first kappa shape index (κ1) is 11.3. The van der Waals surface area contributed by atoms with Crippen molar-refractivity contribution in [2.75, 3.05) is 13.1 Å². The van der Waals surface area contributed by atoms with Crippen molar-refractivity contribution in [2.45, 2.75) is 45.2 Å². The van der Waals surface area contributed by atoms with Crippen LogP contribution >= 0.6 is 0 Å². The Morgan fingerprint density at radius 3 is 2.57 bits per heavy atom. The number of hydrogen-bond acceptors (Lipinski definition) is 2. The quantitative estimate of drug-likeness (QED) is 0.575. The van der Waals surface area contributed by atoms with Gasteiger partial charge < -0.3 is 16.0 Å². The Hall–Kier alpha value is -0.770. The zero-order valence-corrected chi connectivity index (χ0v) is 9.10. The summed E-state index contributed by atoms with van der Waals surface area (Å²) in [6.07, 6.45) is 3.52. The predicted octanol–water partition coefficient (Wildman–Crippen LogP) is 0.836. The van der Waals surface area contributed by atoms with Crippen LogP contribution in [0.4, 0.5) is 4.79 Å². The van der Waals surface area contributed by atoms with Crippen molar-refractivity contribution in [3.63, 3.8) is 0 Å². The summed E-state index contributed by atoms with van der Waals surface area (Å²) in [4.78, 5) is 11.2. The first-order chi connectivity index (χ1) is 6.68. The third-order valence-corrected chi connectivity index (χ3v) is 2.40. The molecule has 14 heavy (non-hydrogen) atoms. The summed E-state index contributed by atoms with van der Waals surface area (Å²) >= 11 is 0. The number of hydrogen-bond donors (Lipinski definition) is 3. The molecule has 0 aromatic carbocycles. The summed E-state index contributed by atoms with van der Waals surface area (Å²) in [5.74, 6) is 0. The van der Waals surface area contributed by atoms with Crippen molar-refractivity contribution in [3.8, 4) is 0 Å². The lowest BCUT2D eigenvalue weighted by Gasteiger charge is -2.26. The second-order valence-corrected chi connectivity index (χ2v) is 4.14. The highest BCUT2D eigenvalue weighted by molar-refractivity contribution is 5.74. The molecule has 0 radical (unpaired) electrons. The number of amides is 2. The molecule has 0 heterocycles. The first-order valence-electron chi connectivity index (χ1n) is 5.46. The number of carbonyl (C=O) groups is 1. The van der Waals surface area contributed by atoms with E-state index in [0.717, 1.165) is 19.4 Å². The average Bonchev–Trinajstić information content (AvgIpc) is 2.05. The lowest BCUT2D eigenvalue weighted by molar-refractivity contribution is 0.228. The second-order valence-electron chi connectivity index (χ2n) is 4.14. The molecule has 1 saturated carbocycles. The molecule has 0 aliphatic heterocycles. The van der Waals surface area contributed by atoms with Gasteiger partial charge in [-0.05, 0) is 19.3 Å². The van der Waals surface area contributed by atoms with Gasteiger partial charge >= 0.3 is 6.03 Å². The fraction of sp³-hybridized carbons (Fsp3) is 0.900. The van der Waals surface area contributed by atoms with E-state index in [0.29, 0.717) is 18.6 Å². The minimum atomic E-state index is -0.0275. The van der Waals surface area contributed by atoms with Crippen LogP contribution in [0, 0.1) is 0 Å². The molecule has 0 bridgehead atoms. The van der Waals surface area contributed by atoms with Crippen molar-refractivity contribution in [2.24, 2.45) is 0 Å². The highest BCUT2D eigenvalue weighted by Crippen LogP contribution is 2.17. The van der Waals surface area contributed by atoms with Gasteiger partial charge in [-0.25, -0.2) is 4.79 Å². The highest BCUT2D eigenvalue weighted by atomic mass is 16.2. The van der Waals surface area contributed by atoms with Gasteiger partial charge in [-0.2, -0.15) is 0 Å². The number of rotatable bonds is 5. The van der Waals surface area contributed by atoms with Crippen LogP contribution in [0.15, 0.2) is 0 Å². The molecule has 2 amide bonds. The normalized spacial score (nSPS) is 16.5. The SMILES string of the molecule is CC(C)NCCNC(=O)NC1CCC1. The molecule has 0 aromatic heterocycles. The van der Waals surface area contributed by atoms with E-state index in [1.807, 2.05) is 0 Å². The van der Waals surface area contributed by atoms with Gasteiger partial charge in [0.1, 0.15) is 0 Å². The summed E-state index contributed by atoms with van der Waals surface area (Å²) < 4.78 is 0. The first-order valence-corrected chi connectivity index (χ1v) is 5.46. The van der Waals surface area contributed by atoms with Gasteiger partial charge in [0, 0.05) is 25.2 Å². The van der Waals surface area contributed by atoms with E-state index in [9.17, 15) is 4.79 Å². The van der Waals surface area contributed by atoms with Gasteiger partial charge in [0.05, 0.1) is 0 Å². The van der Waals surface area contributed by atoms with Crippen LogP contribution in [-0.2, 0) is 0 Å². The minimum absolute atomic E-state index is 0.0275. The van der Waals surface area contributed by atoms with E-state index < -0.39 is 0 Å². The molecule has 4 heteroatoms. The third-order valence-electron chi connectivity index (χ3n) is 2.40. The van der Waals surface area contributed by atoms with Crippen LogP contribution in [0.3, 0.4) is 0 Å². The summed E-state index contributed by atoms with van der Waals surface area (Å²) in [6.45, 7) is 5.70. The molecule has 82 valence electrons. The molecule has 4 nitrogen and oxygen atoms in total. The Bertz CT molecular complexity index is 178. The van der Waals surface area contributed by atoms with Gasteiger partial charge in [0.25, 0.3) is 0 Å². The Morgan fingerprint density at radius 2 is 2.07 bits per heavy atom. The van der Waals surface area contributed by atoms with Crippen LogP contribution in [-0.4, -0.2) is 31.2 Å². The van der Waals surface area contributed by atoms with Crippen molar-refractivity contribution < 1.29 is 4.79 Å². The Morgan fingerprint density at radius 1 is 1.36 bits per heavy atom. The van der Waals surface area contributed by atoms with E-state index in [4.69, 9.17) is 0 Å². The predicted molar refractivity (Wildman–Crippen MR) is 57.3 cm³/mol.